The third kappa shape index (κ3) is 4.06. The average Bonchev–Trinajstić information content (AvgIpc) is 3.56. The van der Waals surface area contributed by atoms with Crippen molar-refractivity contribution in [2.24, 2.45) is 11.8 Å². The van der Waals surface area contributed by atoms with Crippen molar-refractivity contribution in [3.8, 4) is 0 Å². The molecule has 3 aliphatic rings. The third-order valence-corrected chi connectivity index (χ3v) is 9.09. The molecule has 2 amide bonds. The Morgan fingerprint density at radius 3 is 2.00 bits per heavy atom. The number of anilines is 2. The molecular weight excluding hydrogens is 548 g/mol. The fraction of sp³-hybridized carbons (Fsp3) is 0.132. The molecule has 0 radical (unpaired) electrons. The number of carbonyl (C=O) groups excluding carboxylic acids is 3. The van der Waals surface area contributed by atoms with Gasteiger partial charge in [0.1, 0.15) is 6.04 Å². The quantitative estimate of drug-likeness (QED) is 0.175. The summed E-state index contributed by atoms with van der Waals surface area (Å²) in [5, 5.41) is 1.95. The van der Waals surface area contributed by atoms with Gasteiger partial charge in [-0.2, -0.15) is 0 Å². The number of rotatable bonds is 5. The highest BCUT2D eigenvalue weighted by atomic mass is 16.5. The Hall–Kier alpha value is -5.49. The van der Waals surface area contributed by atoms with Crippen molar-refractivity contribution in [1.29, 1.82) is 0 Å². The summed E-state index contributed by atoms with van der Waals surface area (Å²) in [6, 6.07) is 38.9. The number of para-hydroxylation sites is 1. The van der Waals surface area contributed by atoms with Crippen LogP contribution in [-0.2, 0) is 19.1 Å². The summed E-state index contributed by atoms with van der Waals surface area (Å²) >= 11 is 0. The van der Waals surface area contributed by atoms with Gasteiger partial charge in [-0.3, -0.25) is 9.59 Å². The first kappa shape index (κ1) is 26.2. The Bertz CT molecular complexity index is 1910. The monoisotopic (exact) mass is 576 g/mol. The van der Waals surface area contributed by atoms with E-state index in [0.29, 0.717) is 5.69 Å². The molecule has 0 bridgehead atoms. The molecule has 4 atom stereocenters. The van der Waals surface area contributed by atoms with Crippen LogP contribution in [0, 0.1) is 11.8 Å². The number of esters is 1. The Balaban J connectivity index is 1.22. The molecule has 0 N–H and O–H groups in total. The zero-order valence-corrected chi connectivity index (χ0v) is 23.7. The highest BCUT2D eigenvalue weighted by Crippen LogP contribution is 2.50. The molecule has 3 heterocycles. The van der Waals surface area contributed by atoms with E-state index in [1.54, 1.807) is 6.07 Å². The van der Waals surface area contributed by atoms with E-state index in [9.17, 15) is 14.4 Å². The van der Waals surface area contributed by atoms with Crippen LogP contribution < -0.4 is 9.80 Å². The first-order valence-corrected chi connectivity index (χ1v) is 14.8. The average molecular weight is 577 g/mol. The molecule has 5 aromatic carbocycles. The SMILES string of the molecule is O=C(OC(c1ccccc1)c1ccccc1)[C@H]1[C@H]2C(=O)N(c3ccc4ccccc4c3)C(=O)[C@@H]2[C@H]2C=Cc3ccccc3N21. The van der Waals surface area contributed by atoms with Gasteiger partial charge < -0.3 is 9.64 Å². The van der Waals surface area contributed by atoms with E-state index in [4.69, 9.17) is 4.74 Å². The largest absolute Gasteiger partial charge is 0.451 e. The van der Waals surface area contributed by atoms with Gasteiger partial charge >= 0.3 is 5.97 Å². The standard InChI is InChI=1S/C38H28N2O4/c41-36-32-31-22-20-25-12-9-10-18-30(25)40(31)34(33(32)37(42)39(36)29-21-19-24-11-7-8-17-28(24)23-29)38(43)44-35(26-13-3-1-4-14-26)27-15-5-2-6-16-27/h1-23,31-35H/t31-,32-,33+,34-/m1/s1. The van der Waals surface area contributed by atoms with Gasteiger partial charge in [-0.25, -0.2) is 9.69 Å². The van der Waals surface area contributed by atoms with E-state index < -0.39 is 36.0 Å². The van der Waals surface area contributed by atoms with Crippen molar-refractivity contribution in [1.82, 2.24) is 0 Å². The normalized spacial score (nSPS) is 21.8. The Labute approximate surface area is 254 Å². The summed E-state index contributed by atoms with van der Waals surface area (Å²) in [4.78, 5) is 46.3. The van der Waals surface area contributed by atoms with E-state index >= 15 is 0 Å². The topological polar surface area (TPSA) is 66.9 Å². The van der Waals surface area contributed by atoms with Gasteiger partial charge in [-0.1, -0.05) is 121 Å². The molecular formula is C38H28N2O4. The van der Waals surface area contributed by atoms with Crippen molar-refractivity contribution >= 4 is 46.0 Å². The van der Waals surface area contributed by atoms with Gasteiger partial charge in [0.15, 0.2) is 6.10 Å². The Morgan fingerprint density at radius 1 is 0.659 bits per heavy atom. The summed E-state index contributed by atoms with van der Waals surface area (Å²) < 4.78 is 6.37. The highest BCUT2D eigenvalue weighted by molar-refractivity contribution is 6.25. The minimum absolute atomic E-state index is 0.299. The third-order valence-electron chi connectivity index (χ3n) is 9.09. The molecule has 214 valence electrons. The highest BCUT2D eigenvalue weighted by Gasteiger charge is 2.65. The van der Waals surface area contributed by atoms with E-state index in [1.165, 1.54) is 4.90 Å². The van der Waals surface area contributed by atoms with Crippen LogP contribution in [0.3, 0.4) is 0 Å². The lowest BCUT2D eigenvalue weighted by Crippen LogP contribution is -2.49. The molecule has 2 saturated heterocycles. The van der Waals surface area contributed by atoms with Gasteiger partial charge in [0.05, 0.1) is 23.6 Å². The van der Waals surface area contributed by atoms with Gasteiger partial charge in [0.25, 0.3) is 0 Å². The van der Waals surface area contributed by atoms with Gasteiger partial charge in [0.2, 0.25) is 11.8 Å². The Kier molecular flexibility index (Phi) is 6.15. The number of hydrogen-bond acceptors (Lipinski definition) is 5. The zero-order chi connectivity index (χ0) is 29.8. The lowest BCUT2D eigenvalue weighted by Gasteiger charge is -2.36. The van der Waals surface area contributed by atoms with Gasteiger partial charge in [0, 0.05) is 5.69 Å². The van der Waals surface area contributed by atoms with E-state index in [-0.39, 0.29) is 11.8 Å². The molecule has 6 heteroatoms. The van der Waals surface area contributed by atoms with Crippen LogP contribution in [0.4, 0.5) is 11.4 Å². The fourth-order valence-electron chi connectivity index (χ4n) is 7.12. The van der Waals surface area contributed by atoms with Crippen LogP contribution in [0.1, 0.15) is 22.8 Å². The van der Waals surface area contributed by atoms with Crippen LogP contribution in [0.2, 0.25) is 0 Å². The summed E-state index contributed by atoms with van der Waals surface area (Å²) in [5.74, 6) is -2.86. The molecule has 3 aliphatic heterocycles. The lowest BCUT2D eigenvalue weighted by atomic mass is 9.88. The van der Waals surface area contributed by atoms with Crippen LogP contribution in [0.15, 0.2) is 133 Å². The van der Waals surface area contributed by atoms with Crippen molar-refractivity contribution in [3.05, 3.63) is 150 Å². The number of amides is 2. The maximum Gasteiger partial charge on any atom is 0.330 e. The number of benzene rings is 5. The second-order valence-corrected chi connectivity index (χ2v) is 11.5. The van der Waals surface area contributed by atoms with Crippen LogP contribution >= 0.6 is 0 Å². The maximum absolute atomic E-state index is 14.5. The smallest absolute Gasteiger partial charge is 0.330 e. The maximum atomic E-state index is 14.5. The van der Waals surface area contributed by atoms with Crippen molar-refractivity contribution in [3.63, 3.8) is 0 Å². The zero-order valence-electron chi connectivity index (χ0n) is 23.7. The predicted octanol–water partition coefficient (Wildman–Crippen LogP) is 6.56. The van der Waals surface area contributed by atoms with Crippen molar-refractivity contribution < 1.29 is 19.1 Å². The molecule has 0 aliphatic carbocycles. The second-order valence-electron chi connectivity index (χ2n) is 11.5. The van der Waals surface area contributed by atoms with Crippen molar-refractivity contribution in [2.75, 3.05) is 9.80 Å². The molecule has 0 unspecified atom stereocenters. The molecule has 2 fully saturated rings. The van der Waals surface area contributed by atoms with Crippen LogP contribution in [0.5, 0.6) is 0 Å². The van der Waals surface area contributed by atoms with Crippen LogP contribution in [-0.4, -0.2) is 29.9 Å². The molecule has 8 rings (SSSR count). The number of ether oxygens (including phenoxy) is 1. The first-order valence-electron chi connectivity index (χ1n) is 14.8. The van der Waals surface area contributed by atoms with E-state index in [2.05, 4.69) is 0 Å². The Morgan fingerprint density at radius 2 is 1.27 bits per heavy atom. The molecule has 5 aromatic rings. The minimum atomic E-state index is -0.993. The lowest BCUT2D eigenvalue weighted by molar-refractivity contribution is -0.151. The second kappa shape index (κ2) is 10.3. The van der Waals surface area contributed by atoms with Crippen LogP contribution in [0.25, 0.3) is 16.8 Å². The number of carbonyl (C=O) groups is 3. The minimum Gasteiger partial charge on any atom is -0.451 e. The van der Waals surface area contributed by atoms with Gasteiger partial charge in [-0.15, -0.1) is 0 Å². The van der Waals surface area contributed by atoms with Gasteiger partial charge in [-0.05, 0) is 45.7 Å². The summed E-state index contributed by atoms with van der Waals surface area (Å²) in [6.45, 7) is 0. The predicted molar refractivity (Wildman–Crippen MR) is 170 cm³/mol. The fourth-order valence-corrected chi connectivity index (χ4v) is 7.12. The molecule has 0 aromatic heterocycles. The number of hydrogen-bond donors (Lipinski definition) is 0. The number of imide groups is 1. The summed E-state index contributed by atoms with van der Waals surface area (Å²) in [5.41, 5.74) is 3.89. The molecule has 0 spiro atoms. The summed E-state index contributed by atoms with van der Waals surface area (Å²) in [7, 11) is 0. The number of fused-ring (bicyclic) bond motifs is 6. The first-order chi connectivity index (χ1) is 21.6. The number of nitrogens with zero attached hydrogens (tertiary/aromatic N) is 2. The molecule has 44 heavy (non-hydrogen) atoms. The molecule has 6 nitrogen and oxygen atoms in total. The summed E-state index contributed by atoms with van der Waals surface area (Å²) in [6.07, 6.45) is 3.25. The molecule has 0 saturated carbocycles. The van der Waals surface area contributed by atoms with E-state index in [0.717, 1.165) is 33.2 Å². The van der Waals surface area contributed by atoms with E-state index in [1.807, 2.05) is 138 Å². The van der Waals surface area contributed by atoms with Crippen molar-refractivity contribution in [2.45, 2.75) is 18.2 Å².